The van der Waals surface area contributed by atoms with Crippen molar-refractivity contribution in [3.05, 3.63) is 82.8 Å². The lowest BCUT2D eigenvalue weighted by atomic mass is 10.0. The van der Waals surface area contributed by atoms with Crippen LogP contribution in [0.3, 0.4) is 0 Å². The van der Waals surface area contributed by atoms with Crippen LogP contribution in [0.5, 0.6) is 0 Å². The van der Waals surface area contributed by atoms with Crippen molar-refractivity contribution in [1.82, 2.24) is 9.97 Å². The summed E-state index contributed by atoms with van der Waals surface area (Å²) in [5.41, 5.74) is 5.92. The van der Waals surface area contributed by atoms with Crippen molar-refractivity contribution in [3.8, 4) is 0 Å². The maximum atomic E-state index is 13.8. The monoisotopic (exact) mass is 386 g/mol. The largest absolute Gasteiger partial charge is 0.456 e. The Balaban J connectivity index is 1.60. The van der Waals surface area contributed by atoms with Crippen molar-refractivity contribution in [2.75, 3.05) is 0 Å². The summed E-state index contributed by atoms with van der Waals surface area (Å²) < 4.78 is 19.3. The number of nitrogens with one attached hydrogen (secondary N) is 2. The number of aromatic nitrogens is 2. The van der Waals surface area contributed by atoms with E-state index in [4.69, 9.17) is 4.74 Å². The molecule has 0 bridgehead atoms. The summed E-state index contributed by atoms with van der Waals surface area (Å²) in [5, 5.41) is 2.73. The number of rotatable bonds is 3. The van der Waals surface area contributed by atoms with E-state index in [0.29, 0.717) is 5.69 Å². The number of halogens is 1. The molecule has 0 atom stereocenters. The molecule has 5 heteroatoms. The van der Waals surface area contributed by atoms with Crippen LogP contribution in [-0.2, 0) is 11.3 Å². The molecule has 29 heavy (non-hydrogen) atoms. The quantitative estimate of drug-likeness (QED) is 0.378. The van der Waals surface area contributed by atoms with Gasteiger partial charge in [0, 0.05) is 27.2 Å². The van der Waals surface area contributed by atoms with Crippen LogP contribution in [0.1, 0.15) is 27.2 Å². The lowest BCUT2D eigenvalue weighted by molar-refractivity contribution is 0.0466. The van der Waals surface area contributed by atoms with Gasteiger partial charge in [-0.3, -0.25) is 0 Å². The lowest BCUT2D eigenvalue weighted by Gasteiger charge is -2.04. The summed E-state index contributed by atoms with van der Waals surface area (Å²) in [5.74, 6) is -0.662. The number of ether oxygens (including phenoxy) is 1. The highest BCUT2D eigenvalue weighted by molar-refractivity contribution is 6.15. The van der Waals surface area contributed by atoms with Gasteiger partial charge in [0.2, 0.25) is 0 Å². The van der Waals surface area contributed by atoms with Gasteiger partial charge in [-0.05, 0) is 54.8 Å². The van der Waals surface area contributed by atoms with Crippen molar-refractivity contribution in [2.24, 2.45) is 0 Å². The standard InChI is InChI=1S/C24H19FN2O2/c1-13-21-14(2)23(24(28)29-12-15-6-4-3-5-7-15)27-20(21)11-18-17-10-16(25)8-9-19(17)26-22(13)18/h3-11,26-27H,12H2,1-2H3. The third kappa shape index (κ3) is 2.78. The Labute approximate surface area is 166 Å². The van der Waals surface area contributed by atoms with Gasteiger partial charge in [-0.15, -0.1) is 0 Å². The summed E-state index contributed by atoms with van der Waals surface area (Å²) in [7, 11) is 0. The number of aryl methyl sites for hydroxylation is 2. The van der Waals surface area contributed by atoms with Crippen molar-refractivity contribution >= 4 is 38.7 Å². The molecule has 0 aliphatic carbocycles. The Bertz CT molecular complexity index is 1400. The summed E-state index contributed by atoms with van der Waals surface area (Å²) in [4.78, 5) is 19.3. The molecule has 0 amide bonds. The minimum atomic E-state index is -0.387. The Morgan fingerprint density at radius 2 is 1.72 bits per heavy atom. The van der Waals surface area contributed by atoms with Crippen molar-refractivity contribution < 1.29 is 13.9 Å². The van der Waals surface area contributed by atoms with E-state index in [1.807, 2.05) is 50.2 Å². The first-order valence-electron chi connectivity index (χ1n) is 9.47. The van der Waals surface area contributed by atoms with Crippen LogP contribution in [-0.4, -0.2) is 15.9 Å². The minimum Gasteiger partial charge on any atom is -0.456 e. The summed E-state index contributed by atoms with van der Waals surface area (Å²) >= 11 is 0. The number of carbonyl (C=O) groups is 1. The molecule has 5 rings (SSSR count). The molecular formula is C24H19FN2O2. The van der Waals surface area contributed by atoms with Crippen LogP contribution in [0.4, 0.5) is 4.39 Å². The molecule has 0 aliphatic rings. The van der Waals surface area contributed by atoms with Gasteiger partial charge in [0.15, 0.2) is 0 Å². The predicted molar refractivity (Wildman–Crippen MR) is 113 cm³/mol. The predicted octanol–water partition coefficient (Wildman–Crippen LogP) is 5.92. The molecule has 2 aromatic heterocycles. The molecule has 0 saturated carbocycles. The van der Waals surface area contributed by atoms with E-state index in [1.165, 1.54) is 12.1 Å². The van der Waals surface area contributed by atoms with E-state index in [0.717, 1.165) is 49.4 Å². The Morgan fingerprint density at radius 1 is 0.931 bits per heavy atom. The van der Waals surface area contributed by atoms with Crippen LogP contribution in [0.15, 0.2) is 54.6 Å². The number of hydrogen-bond donors (Lipinski definition) is 2. The van der Waals surface area contributed by atoms with Crippen molar-refractivity contribution in [2.45, 2.75) is 20.5 Å². The van der Waals surface area contributed by atoms with Gasteiger partial charge in [-0.2, -0.15) is 0 Å². The first-order valence-corrected chi connectivity index (χ1v) is 9.47. The highest BCUT2D eigenvalue weighted by atomic mass is 19.1. The first-order chi connectivity index (χ1) is 14.0. The molecule has 5 aromatic rings. The lowest BCUT2D eigenvalue weighted by Crippen LogP contribution is -2.07. The smallest absolute Gasteiger partial charge is 0.355 e. The Morgan fingerprint density at radius 3 is 2.52 bits per heavy atom. The highest BCUT2D eigenvalue weighted by Gasteiger charge is 2.20. The molecule has 0 radical (unpaired) electrons. The molecule has 144 valence electrons. The fourth-order valence-corrected chi connectivity index (χ4v) is 4.11. The van der Waals surface area contributed by atoms with Gasteiger partial charge in [-0.25, -0.2) is 9.18 Å². The molecule has 2 heterocycles. The van der Waals surface area contributed by atoms with Gasteiger partial charge < -0.3 is 14.7 Å². The van der Waals surface area contributed by atoms with Crippen LogP contribution < -0.4 is 0 Å². The third-order valence-electron chi connectivity index (χ3n) is 5.54. The second-order valence-electron chi connectivity index (χ2n) is 7.35. The van der Waals surface area contributed by atoms with Crippen molar-refractivity contribution in [3.63, 3.8) is 0 Å². The summed E-state index contributed by atoms with van der Waals surface area (Å²) in [6, 6.07) is 16.3. The number of esters is 1. The zero-order chi connectivity index (χ0) is 20.1. The molecule has 0 fully saturated rings. The summed E-state index contributed by atoms with van der Waals surface area (Å²) in [6.07, 6.45) is 0. The summed E-state index contributed by atoms with van der Waals surface area (Å²) in [6.45, 7) is 4.15. The maximum Gasteiger partial charge on any atom is 0.355 e. The number of aromatic amines is 2. The van der Waals surface area contributed by atoms with E-state index >= 15 is 0 Å². The first kappa shape index (κ1) is 17.5. The third-order valence-corrected chi connectivity index (χ3v) is 5.54. The number of benzene rings is 3. The fourth-order valence-electron chi connectivity index (χ4n) is 4.11. The Kier molecular flexibility index (Phi) is 3.91. The average molecular weight is 386 g/mol. The van der Waals surface area contributed by atoms with Gasteiger partial charge in [0.25, 0.3) is 0 Å². The van der Waals surface area contributed by atoms with Crippen LogP contribution in [0.25, 0.3) is 32.7 Å². The molecule has 2 N–H and O–H groups in total. The van der Waals surface area contributed by atoms with Crippen molar-refractivity contribution in [1.29, 1.82) is 0 Å². The van der Waals surface area contributed by atoms with Gasteiger partial charge >= 0.3 is 5.97 Å². The number of H-pyrrole nitrogens is 2. The maximum absolute atomic E-state index is 13.8. The van der Waals surface area contributed by atoms with E-state index in [-0.39, 0.29) is 18.4 Å². The molecule has 0 spiro atoms. The molecular weight excluding hydrogens is 367 g/mol. The molecule has 0 aliphatic heterocycles. The van der Waals surface area contributed by atoms with E-state index in [9.17, 15) is 9.18 Å². The molecule has 0 saturated heterocycles. The minimum absolute atomic E-state index is 0.220. The van der Waals surface area contributed by atoms with Crippen LogP contribution in [0, 0.1) is 19.7 Å². The zero-order valence-electron chi connectivity index (χ0n) is 16.1. The number of carbonyl (C=O) groups excluding carboxylic acids is 1. The second kappa shape index (κ2) is 6.48. The Hall–Kier alpha value is -3.60. The van der Waals surface area contributed by atoms with E-state index in [1.54, 1.807) is 6.07 Å². The van der Waals surface area contributed by atoms with Crippen LogP contribution in [0.2, 0.25) is 0 Å². The molecule has 3 aromatic carbocycles. The molecule has 4 nitrogen and oxygen atoms in total. The fraction of sp³-hybridized carbons (Fsp3) is 0.125. The van der Waals surface area contributed by atoms with E-state index in [2.05, 4.69) is 9.97 Å². The number of hydrogen-bond acceptors (Lipinski definition) is 2. The molecule has 0 unspecified atom stereocenters. The van der Waals surface area contributed by atoms with Crippen LogP contribution >= 0.6 is 0 Å². The van der Waals surface area contributed by atoms with Gasteiger partial charge in [-0.1, -0.05) is 30.3 Å². The second-order valence-corrected chi connectivity index (χ2v) is 7.35. The normalized spacial score (nSPS) is 11.6. The topological polar surface area (TPSA) is 57.9 Å². The zero-order valence-corrected chi connectivity index (χ0v) is 16.1. The highest BCUT2D eigenvalue weighted by Crippen LogP contribution is 2.35. The number of fused-ring (bicyclic) bond motifs is 4. The van der Waals surface area contributed by atoms with Gasteiger partial charge in [0.05, 0.1) is 5.52 Å². The van der Waals surface area contributed by atoms with E-state index < -0.39 is 0 Å². The average Bonchev–Trinajstić information content (AvgIpc) is 3.25. The van der Waals surface area contributed by atoms with Gasteiger partial charge in [0.1, 0.15) is 18.1 Å². The SMILES string of the molecule is Cc1c(C(=O)OCc2ccccc2)[nH]c2cc3c([nH]c4ccc(F)cc43)c(C)c12.